The second-order valence-electron chi connectivity index (χ2n) is 5.42. The molecule has 0 unspecified atom stereocenters. The smallest absolute Gasteiger partial charge is 0.218 e. The Labute approximate surface area is 130 Å². The standard InChI is InChI=1S/C15H19N3O3S/c1-13-11-15(16-21-13)17-7-9-18(10-8-17)22(19,20)12-14-5-3-2-4-6-14/h2-6,11H,7-10,12H2,1H3. The molecule has 1 aliphatic rings. The number of hydrogen-bond donors (Lipinski definition) is 0. The lowest BCUT2D eigenvalue weighted by atomic mass is 10.2. The molecule has 3 rings (SSSR count). The van der Waals surface area contributed by atoms with Gasteiger partial charge in [0.1, 0.15) is 5.76 Å². The van der Waals surface area contributed by atoms with E-state index in [9.17, 15) is 8.42 Å². The van der Waals surface area contributed by atoms with Crippen LogP contribution in [0.2, 0.25) is 0 Å². The summed E-state index contributed by atoms with van der Waals surface area (Å²) in [6.07, 6.45) is 0. The van der Waals surface area contributed by atoms with E-state index in [4.69, 9.17) is 4.52 Å². The SMILES string of the molecule is Cc1cc(N2CCN(S(=O)(=O)Cc3ccccc3)CC2)no1. The Hall–Kier alpha value is -1.86. The van der Waals surface area contributed by atoms with Gasteiger partial charge in [-0.15, -0.1) is 0 Å². The molecule has 0 saturated carbocycles. The lowest BCUT2D eigenvalue weighted by molar-refractivity contribution is 0.371. The minimum absolute atomic E-state index is 0.0525. The summed E-state index contributed by atoms with van der Waals surface area (Å²) < 4.78 is 31.6. The molecule has 7 heteroatoms. The summed E-state index contributed by atoms with van der Waals surface area (Å²) in [6.45, 7) is 4.04. The summed E-state index contributed by atoms with van der Waals surface area (Å²) in [7, 11) is -3.27. The van der Waals surface area contributed by atoms with Crippen LogP contribution in [0.5, 0.6) is 0 Å². The van der Waals surface area contributed by atoms with E-state index in [0.717, 1.165) is 17.1 Å². The number of piperazine rings is 1. The number of rotatable bonds is 4. The Morgan fingerprint density at radius 3 is 2.41 bits per heavy atom. The summed E-state index contributed by atoms with van der Waals surface area (Å²) in [5.74, 6) is 1.59. The van der Waals surface area contributed by atoms with Crippen LogP contribution in [0.25, 0.3) is 0 Å². The van der Waals surface area contributed by atoms with Crippen LogP contribution in [-0.4, -0.2) is 44.1 Å². The van der Waals surface area contributed by atoms with Crippen LogP contribution in [0.4, 0.5) is 5.82 Å². The molecule has 1 fully saturated rings. The van der Waals surface area contributed by atoms with E-state index in [1.165, 1.54) is 0 Å². The van der Waals surface area contributed by atoms with Crippen LogP contribution < -0.4 is 4.90 Å². The second-order valence-corrected chi connectivity index (χ2v) is 7.39. The zero-order valence-electron chi connectivity index (χ0n) is 12.5. The molecule has 1 aliphatic heterocycles. The topological polar surface area (TPSA) is 66.7 Å². The third-order valence-electron chi connectivity index (χ3n) is 3.76. The van der Waals surface area contributed by atoms with Crippen molar-refractivity contribution in [1.82, 2.24) is 9.46 Å². The lowest BCUT2D eigenvalue weighted by Gasteiger charge is -2.33. The van der Waals surface area contributed by atoms with Crippen molar-refractivity contribution in [3.8, 4) is 0 Å². The van der Waals surface area contributed by atoms with E-state index in [2.05, 4.69) is 5.16 Å². The van der Waals surface area contributed by atoms with Gasteiger partial charge < -0.3 is 9.42 Å². The van der Waals surface area contributed by atoms with E-state index in [-0.39, 0.29) is 5.75 Å². The van der Waals surface area contributed by atoms with Crippen molar-refractivity contribution in [2.75, 3.05) is 31.1 Å². The maximum absolute atomic E-state index is 12.5. The highest BCUT2D eigenvalue weighted by Gasteiger charge is 2.28. The molecule has 2 heterocycles. The van der Waals surface area contributed by atoms with E-state index in [1.54, 1.807) is 4.31 Å². The van der Waals surface area contributed by atoms with Crippen molar-refractivity contribution in [3.63, 3.8) is 0 Å². The van der Waals surface area contributed by atoms with Gasteiger partial charge in [0.15, 0.2) is 5.82 Å². The Kier molecular flexibility index (Phi) is 4.17. The molecule has 2 aromatic rings. The van der Waals surface area contributed by atoms with Crippen LogP contribution in [0.3, 0.4) is 0 Å². The second kappa shape index (κ2) is 6.10. The molecule has 0 aliphatic carbocycles. The van der Waals surface area contributed by atoms with Gasteiger partial charge in [0.25, 0.3) is 0 Å². The third kappa shape index (κ3) is 3.31. The van der Waals surface area contributed by atoms with Crippen LogP contribution in [0.1, 0.15) is 11.3 Å². The summed E-state index contributed by atoms with van der Waals surface area (Å²) >= 11 is 0. The van der Waals surface area contributed by atoms with Crippen molar-refractivity contribution in [3.05, 3.63) is 47.7 Å². The fraction of sp³-hybridized carbons (Fsp3) is 0.400. The van der Waals surface area contributed by atoms with Gasteiger partial charge in [-0.2, -0.15) is 4.31 Å². The minimum Gasteiger partial charge on any atom is -0.360 e. The van der Waals surface area contributed by atoms with Crippen molar-refractivity contribution in [2.24, 2.45) is 0 Å². The first-order valence-corrected chi connectivity index (χ1v) is 8.85. The van der Waals surface area contributed by atoms with E-state index >= 15 is 0 Å². The molecule has 0 radical (unpaired) electrons. The lowest BCUT2D eigenvalue weighted by Crippen LogP contribution is -2.49. The predicted octanol–water partition coefficient (Wildman–Crippen LogP) is 1.64. The van der Waals surface area contributed by atoms with E-state index < -0.39 is 10.0 Å². The Balaban J connectivity index is 1.63. The normalized spacial score (nSPS) is 16.9. The quantitative estimate of drug-likeness (QED) is 0.856. The minimum atomic E-state index is -3.27. The summed E-state index contributed by atoms with van der Waals surface area (Å²) in [6, 6.07) is 11.1. The van der Waals surface area contributed by atoms with Crippen LogP contribution in [-0.2, 0) is 15.8 Å². The highest BCUT2D eigenvalue weighted by Crippen LogP contribution is 2.18. The highest BCUT2D eigenvalue weighted by atomic mass is 32.2. The van der Waals surface area contributed by atoms with Gasteiger partial charge in [0.05, 0.1) is 5.75 Å². The van der Waals surface area contributed by atoms with Crippen molar-refractivity contribution < 1.29 is 12.9 Å². The molecule has 0 N–H and O–H groups in total. The number of benzene rings is 1. The van der Waals surface area contributed by atoms with Crippen molar-refractivity contribution in [1.29, 1.82) is 0 Å². The first-order chi connectivity index (χ1) is 10.5. The Morgan fingerprint density at radius 1 is 1.14 bits per heavy atom. The van der Waals surface area contributed by atoms with Gasteiger partial charge in [-0.1, -0.05) is 35.5 Å². The molecule has 1 saturated heterocycles. The largest absolute Gasteiger partial charge is 0.360 e. The Bertz CT molecular complexity index is 720. The fourth-order valence-electron chi connectivity index (χ4n) is 2.57. The molecule has 0 spiro atoms. The monoisotopic (exact) mass is 321 g/mol. The average molecular weight is 321 g/mol. The van der Waals surface area contributed by atoms with Crippen molar-refractivity contribution in [2.45, 2.75) is 12.7 Å². The molecule has 1 aromatic carbocycles. The van der Waals surface area contributed by atoms with Gasteiger partial charge in [-0.25, -0.2) is 8.42 Å². The fourth-order valence-corrected chi connectivity index (χ4v) is 4.09. The first-order valence-electron chi connectivity index (χ1n) is 7.24. The molecule has 118 valence electrons. The molecular formula is C15H19N3O3S. The highest BCUT2D eigenvalue weighted by molar-refractivity contribution is 7.88. The summed E-state index contributed by atoms with van der Waals surface area (Å²) in [4.78, 5) is 2.05. The van der Waals surface area contributed by atoms with Gasteiger partial charge in [0, 0.05) is 32.2 Å². The molecule has 0 amide bonds. The van der Waals surface area contributed by atoms with Crippen LogP contribution >= 0.6 is 0 Å². The molecule has 0 bridgehead atoms. The average Bonchev–Trinajstić information content (AvgIpc) is 2.95. The van der Waals surface area contributed by atoms with Crippen molar-refractivity contribution >= 4 is 15.8 Å². The molecular weight excluding hydrogens is 302 g/mol. The molecule has 0 atom stereocenters. The zero-order valence-corrected chi connectivity index (χ0v) is 13.3. The molecule has 22 heavy (non-hydrogen) atoms. The maximum atomic E-state index is 12.5. The maximum Gasteiger partial charge on any atom is 0.218 e. The Morgan fingerprint density at radius 2 is 1.82 bits per heavy atom. The number of nitrogens with zero attached hydrogens (tertiary/aromatic N) is 3. The number of anilines is 1. The van der Waals surface area contributed by atoms with Gasteiger partial charge in [-0.3, -0.25) is 0 Å². The van der Waals surface area contributed by atoms with E-state index in [1.807, 2.05) is 48.2 Å². The number of sulfonamides is 1. The third-order valence-corrected chi connectivity index (χ3v) is 5.61. The number of hydrogen-bond acceptors (Lipinski definition) is 5. The predicted molar refractivity (Wildman–Crippen MR) is 84.1 cm³/mol. The first kappa shape index (κ1) is 15.1. The van der Waals surface area contributed by atoms with Gasteiger partial charge in [-0.05, 0) is 12.5 Å². The number of aryl methyl sites for hydroxylation is 1. The van der Waals surface area contributed by atoms with E-state index in [0.29, 0.717) is 26.2 Å². The summed E-state index contributed by atoms with van der Waals surface area (Å²) in [5, 5.41) is 3.98. The van der Waals surface area contributed by atoms with Crippen LogP contribution in [0.15, 0.2) is 40.9 Å². The zero-order chi connectivity index (χ0) is 15.6. The van der Waals surface area contributed by atoms with Gasteiger partial charge >= 0.3 is 0 Å². The molecule has 6 nitrogen and oxygen atoms in total. The number of aromatic nitrogens is 1. The van der Waals surface area contributed by atoms with Gasteiger partial charge in [0.2, 0.25) is 10.0 Å². The van der Waals surface area contributed by atoms with Crippen LogP contribution in [0, 0.1) is 6.92 Å². The summed E-state index contributed by atoms with van der Waals surface area (Å²) in [5.41, 5.74) is 0.817. The molecule has 1 aromatic heterocycles.